The number of aromatic hydroxyl groups is 3. The number of aliphatic hydroxyl groups excluding tert-OH is 4. The van der Waals surface area contributed by atoms with Crippen LogP contribution in [0.25, 0.3) is 0 Å². The molecule has 5 atom stereocenters. The number of rotatable bonds is 6. The second-order valence-corrected chi connectivity index (χ2v) is 6.90. The Hall–Kier alpha value is -3.09. The van der Waals surface area contributed by atoms with E-state index in [2.05, 4.69) is 0 Å². The highest BCUT2D eigenvalue weighted by Gasteiger charge is 2.44. The predicted octanol–water partition coefficient (Wildman–Crippen LogP) is -0.661. The lowest BCUT2D eigenvalue weighted by Crippen LogP contribution is -2.60. The van der Waals surface area contributed by atoms with Crippen LogP contribution in [0.2, 0.25) is 0 Å². The van der Waals surface area contributed by atoms with Gasteiger partial charge in [-0.05, 0) is 35.9 Å². The fourth-order valence-electron chi connectivity index (χ4n) is 2.92. The predicted molar refractivity (Wildman–Crippen MR) is 101 cm³/mol. The Morgan fingerprint density at radius 2 is 1.65 bits per heavy atom. The highest BCUT2D eigenvalue weighted by molar-refractivity contribution is 5.90. The molecule has 0 amide bonds. The molecule has 168 valence electrons. The second-order valence-electron chi connectivity index (χ2n) is 6.90. The van der Waals surface area contributed by atoms with E-state index >= 15 is 0 Å². The van der Waals surface area contributed by atoms with Gasteiger partial charge in [-0.1, -0.05) is 6.07 Å². The van der Waals surface area contributed by atoms with Crippen molar-refractivity contribution in [3.05, 3.63) is 47.5 Å². The fraction of sp³-hybridized carbons (Fsp3) is 0.350. The third-order valence-electron chi connectivity index (χ3n) is 4.70. The van der Waals surface area contributed by atoms with Crippen LogP contribution >= 0.6 is 0 Å². The summed E-state index contributed by atoms with van der Waals surface area (Å²) >= 11 is 0. The molecule has 1 aliphatic heterocycles. The average Bonchev–Trinajstić information content (AvgIpc) is 2.75. The highest BCUT2D eigenvalue weighted by Crippen LogP contribution is 2.31. The van der Waals surface area contributed by atoms with Gasteiger partial charge < -0.3 is 50.0 Å². The van der Waals surface area contributed by atoms with Gasteiger partial charge in [-0.25, -0.2) is 4.79 Å². The smallest absolute Gasteiger partial charge is 0.338 e. The van der Waals surface area contributed by atoms with Crippen LogP contribution < -0.4 is 4.74 Å². The number of carbonyl (C=O) groups is 1. The Labute approximate surface area is 175 Å². The molecule has 0 radical (unpaired) electrons. The van der Waals surface area contributed by atoms with Gasteiger partial charge in [0, 0.05) is 0 Å². The average molecular weight is 438 g/mol. The maximum absolute atomic E-state index is 12.0. The fourth-order valence-corrected chi connectivity index (χ4v) is 2.92. The summed E-state index contributed by atoms with van der Waals surface area (Å²) in [4.78, 5) is 12.0. The first-order valence-electron chi connectivity index (χ1n) is 9.19. The molecule has 1 saturated heterocycles. The van der Waals surface area contributed by atoms with Crippen molar-refractivity contribution in [3.63, 3.8) is 0 Å². The van der Waals surface area contributed by atoms with E-state index in [1.54, 1.807) is 0 Å². The number of ether oxygens (including phenoxy) is 3. The minimum atomic E-state index is -1.64. The van der Waals surface area contributed by atoms with Crippen LogP contribution in [-0.4, -0.2) is 79.0 Å². The van der Waals surface area contributed by atoms with Crippen LogP contribution in [0.15, 0.2) is 36.4 Å². The van der Waals surface area contributed by atoms with Crippen LogP contribution in [0, 0.1) is 0 Å². The molecule has 1 fully saturated rings. The van der Waals surface area contributed by atoms with E-state index in [0.717, 1.165) is 12.1 Å². The number of phenols is 3. The van der Waals surface area contributed by atoms with Crippen LogP contribution in [-0.2, 0) is 16.1 Å². The van der Waals surface area contributed by atoms with Gasteiger partial charge in [0.1, 0.15) is 31.0 Å². The zero-order valence-electron chi connectivity index (χ0n) is 16.0. The minimum Gasteiger partial charge on any atom is -0.504 e. The van der Waals surface area contributed by atoms with Crippen molar-refractivity contribution in [1.82, 2.24) is 0 Å². The van der Waals surface area contributed by atoms with Crippen LogP contribution in [0.4, 0.5) is 0 Å². The molecule has 0 aliphatic carbocycles. The molecule has 0 saturated carbocycles. The zero-order valence-corrected chi connectivity index (χ0v) is 16.0. The maximum atomic E-state index is 12.0. The number of hydrogen-bond donors (Lipinski definition) is 7. The monoisotopic (exact) mass is 438 g/mol. The minimum absolute atomic E-state index is 0.0158. The van der Waals surface area contributed by atoms with Gasteiger partial charge in [0.25, 0.3) is 0 Å². The van der Waals surface area contributed by atoms with E-state index < -0.39 is 49.0 Å². The standard InChI is InChI=1S/C20H22O11/c21-7-15-16(25)17(26)18(27)20(31-15)30-14-4-1-9(5-13(14)24)8-29-19(28)10-2-3-11(22)12(23)6-10/h1-6,15-18,20-27H,7-8H2. The molecule has 31 heavy (non-hydrogen) atoms. The second kappa shape index (κ2) is 9.37. The van der Waals surface area contributed by atoms with Crippen LogP contribution in [0.1, 0.15) is 15.9 Å². The first-order valence-corrected chi connectivity index (χ1v) is 9.19. The Morgan fingerprint density at radius 1 is 0.903 bits per heavy atom. The van der Waals surface area contributed by atoms with Crippen molar-refractivity contribution in [2.45, 2.75) is 37.3 Å². The molecule has 11 heteroatoms. The molecule has 0 aromatic heterocycles. The largest absolute Gasteiger partial charge is 0.504 e. The van der Waals surface area contributed by atoms with Crippen molar-refractivity contribution in [2.24, 2.45) is 0 Å². The summed E-state index contributed by atoms with van der Waals surface area (Å²) in [6.45, 7) is -0.853. The molecule has 1 aliphatic rings. The van der Waals surface area contributed by atoms with Crippen molar-refractivity contribution in [3.8, 4) is 23.0 Å². The van der Waals surface area contributed by atoms with Gasteiger partial charge in [-0.15, -0.1) is 0 Å². The lowest BCUT2D eigenvalue weighted by atomic mass is 9.99. The third-order valence-corrected chi connectivity index (χ3v) is 4.70. The first-order chi connectivity index (χ1) is 14.7. The van der Waals surface area contributed by atoms with Crippen molar-refractivity contribution < 1.29 is 54.8 Å². The molecule has 2 aromatic carbocycles. The Balaban J connectivity index is 1.63. The third kappa shape index (κ3) is 4.98. The molecule has 0 spiro atoms. The molecule has 11 nitrogen and oxygen atoms in total. The highest BCUT2D eigenvalue weighted by atomic mass is 16.7. The van der Waals surface area contributed by atoms with Crippen molar-refractivity contribution in [1.29, 1.82) is 0 Å². The Morgan fingerprint density at radius 3 is 2.29 bits per heavy atom. The van der Waals surface area contributed by atoms with Crippen LogP contribution in [0.3, 0.4) is 0 Å². The van der Waals surface area contributed by atoms with Crippen LogP contribution in [0.5, 0.6) is 23.0 Å². The first kappa shape index (κ1) is 22.6. The number of esters is 1. The summed E-state index contributed by atoms with van der Waals surface area (Å²) in [5.74, 6) is -2.12. The lowest BCUT2D eigenvalue weighted by Gasteiger charge is -2.39. The molecule has 2 aromatic rings. The van der Waals surface area contributed by atoms with E-state index in [1.165, 1.54) is 24.3 Å². The SMILES string of the molecule is O=C(OCc1ccc(OC2OC(CO)C(O)C(O)C2O)c(O)c1)c1ccc(O)c(O)c1. The number of hydrogen-bond acceptors (Lipinski definition) is 11. The van der Waals surface area contributed by atoms with E-state index in [-0.39, 0.29) is 29.4 Å². The van der Waals surface area contributed by atoms with Gasteiger partial charge in [0.2, 0.25) is 6.29 Å². The molecule has 5 unspecified atom stereocenters. The van der Waals surface area contributed by atoms with E-state index in [4.69, 9.17) is 14.2 Å². The summed E-state index contributed by atoms with van der Waals surface area (Å²) in [5, 5.41) is 67.7. The molecular weight excluding hydrogens is 416 g/mol. The molecule has 1 heterocycles. The van der Waals surface area contributed by atoms with Gasteiger partial charge >= 0.3 is 5.97 Å². The quantitative estimate of drug-likeness (QED) is 0.224. The summed E-state index contributed by atoms with van der Waals surface area (Å²) in [7, 11) is 0. The maximum Gasteiger partial charge on any atom is 0.338 e. The molecule has 7 N–H and O–H groups in total. The van der Waals surface area contributed by atoms with Gasteiger partial charge in [0.05, 0.1) is 12.2 Å². The van der Waals surface area contributed by atoms with Gasteiger partial charge in [0.15, 0.2) is 23.0 Å². The Bertz CT molecular complexity index is 929. The van der Waals surface area contributed by atoms with E-state index in [0.29, 0.717) is 5.56 Å². The summed E-state index contributed by atoms with van der Waals surface area (Å²) in [6.07, 6.45) is -7.44. The van der Waals surface area contributed by atoms with Crippen molar-refractivity contribution in [2.75, 3.05) is 6.61 Å². The normalized spacial score (nSPS) is 25.7. The zero-order chi connectivity index (χ0) is 22.7. The van der Waals surface area contributed by atoms with E-state index in [1.807, 2.05) is 0 Å². The van der Waals surface area contributed by atoms with Gasteiger partial charge in [-0.3, -0.25) is 0 Å². The summed E-state index contributed by atoms with van der Waals surface area (Å²) in [6, 6.07) is 7.47. The summed E-state index contributed by atoms with van der Waals surface area (Å²) < 4.78 is 15.7. The molecular formula is C20H22O11. The number of benzene rings is 2. The summed E-state index contributed by atoms with van der Waals surface area (Å²) in [5.41, 5.74) is 0.400. The number of phenolic OH excluding ortho intramolecular Hbond substituents is 3. The van der Waals surface area contributed by atoms with Gasteiger partial charge in [-0.2, -0.15) is 0 Å². The number of aliphatic hydroxyl groups is 4. The Kier molecular flexibility index (Phi) is 6.83. The molecule has 3 rings (SSSR count). The van der Waals surface area contributed by atoms with Crippen molar-refractivity contribution >= 4 is 5.97 Å². The topological polar surface area (TPSA) is 186 Å². The van der Waals surface area contributed by atoms with E-state index in [9.17, 15) is 40.5 Å². The molecule has 0 bridgehead atoms. The number of carbonyl (C=O) groups excluding carboxylic acids is 1. The lowest BCUT2D eigenvalue weighted by molar-refractivity contribution is -0.277.